The van der Waals surface area contributed by atoms with E-state index in [1.807, 2.05) is 47.9 Å². The lowest BCUT2D eigenvalue weighted by Crippen LogP contribution is -2.15. The van der Waals surface area contributed by atoms with E-state index in [-0.39, 0.29) is 0 Å². The Morgan fingerprint density at radius 2 is 1.24 bits per heavy atom. The van der Waals surface area contributed by atoms with Gasteiger partial charge in [0.05, 0.1) is 5.56 Å². The van der Waals surface area contributed by atoms with E-state index in [9.17, 15) is 5.53 Å². The van der Waals surface area contributed by atoms with Crippen molar-refractivity contribution in [3.63, 3.8) is 0 Å². The van der Waals surface area contributed by atoms with Gasteiger partial charge < -0.3 is 4.42 Å². The zero-order chi connectivity index (χ0) is 36.0. The topological polar surface area (TPSA) is 52.4 Å². The third kappa shape index (κ3) is 5.58. The van der Waals surface area contributed by atoms with Crippen LogP contribution in [0.4, 0.5) is 0 Å². The first-order valence-electron chi connectivity index (χ1n) is 18.2. The molecule has 0 bridgehead atoms. The van der Waals surface area contributed by atoms with Gasteiger partial charge >= 0.3 is 0 Å². The molecule has 0 aliphatic rings. The number of benzene rings is 8. The highest BCUT2D eigenvalue weighted by Gasteiger charge is 2.27. The number of hydrogen-bond acceptors (Lipinski definition) is 4. The summed E-state index contributed by atoms with van der Waals surface area (Å²) in [5.41, 5.74) is 18.9. The molecule has 0 fully saturated rings. The molecule has 2 heterocycles. The lowest BCUT2D eigenvalue weighted by atomic mass is 9.96. The molecule has 4 nitrogen and oxygen atoms in total. The number of hydrogen-bond donors (Lipinski definition) is 1. The molecule has 54 heavy (non-hydrogen) atoms. The molecule has 0 aliphatic carbocycles. The average Bonchev–Trinajstić information content (AvgIpc) is 3.80. The zero-order valence-electron chi connectivity index (χ0n) is 29.3. The number of thiophene rings is 1. The van der Waals surface area contributed by atoms with Crippen LogP contribution >= 0.6 is 11.3 Å². The highest BCUT2D eigenvalue weighted by atomic mass is 32.1. The zero-order valence-corrected chi connectivity index (χ0v) is 30.1. The van der Waals surface area contributed by atoms with Gasteiger partial charge in [0.25, 0.3) is 6.17 Å². The first-order chi connectivity index (χ1) is 26.7. The van der Waals surface area contributed by atoms with Crippen LogP contribution in [0.15, 0.2) is 185 Å². The van der Waals surface area contributed by atoms with Crippen LogP contribution in [0.1, 0.15) is 22.9 Å². The molecule has 2 aromatic heterocycles. The standard InChI is InChI=1S/C49H34N3OS/c50-52(31-32-13-4-1-5-14-32)49(51-30-33-25-26-40-44(29-33)53-43-23-11-20-37(46(40)43)35-17-8-3-9-18-35)42-22-12-24-45-47(42)41-28-27-38-36(34-15-6-2-7-16-34)19-10-21-39(38)48(41)54-45/h1-30,49-50H,31H2/q+1/b51-30+,52-50?. The average molecular weight is 713 g/mol. The molecule has 8 aromatic carbocycles. The molecular weight excluding hydrogens is 679 g/mol. The van der Waals surface area contributed by atoms with Gasteiger partial charge in [0.1, 0.15) is 11.2 Å². The maximum Gasteiger partial charge on any atom is 0.297 e. The summed E-state index contributed by atoms with van der Waals surface area (Å²) in [6.45, 7) is 0.426. The van der Waals surface area contributed by atoms with Crippen LogP contribution in [0.5, 0.6) is 0 Å². The molecule has 0 spiro atoms. The van der Waals surface area contributed by atoms with Crippen molar-refractivity contribution in [2.45, 2.75) is 12.7 Å². The molecule has 0 amide bonds. The third-order valence-electron chi connectivity index (χ3n) is 10.4. The Labute approximate surface area is 316 Å². The van der Waals surface area contributed by atoms with Gasteiger partial charge in [-0.2, -0.15) is 0 Å². The molecular formula is C49H34N3OS+. The Hall–Kier alpha value is -6.69. The Morgan fingerprint density at radius 1 is 0.574 bits per heavy atom. The van der Waals surface area contributed by atoms with Crippen LogP contribution in [0.2, 0.25) is 0 Å². The highest BCUT2D eigenvalue weighted by molar-refractivity contribution is 7.26. The van der Waals surface area contributed by atoms with Crippen LogP contribution in [-0.4, -0.2) is 10.9 Å². The normalized spacial score (nSPS) is 12.4. The van der Waals surface area contributed by atoms with Crippen LogP contribution < -0.4 is 0 Å². The minimum Gasteiger partial charge on any atom is -0.456 e. The fourth-order valence-corrected chi connectivity index (χ4v) is 9.15. The van der Waals surface area contributed by atoms with E-state index in [2.05, 4.69) is 146 Å². The van der Waals surface area contributed by atoms with Crippen LogP contribution in [0, 0.1) is 5.53 Å². The molecule has 10 aromatic rings. The van der Waals surface area contributed by atoms with Crippen molar-refractivity contribution in [3.05, 3.63) is 193 Å². The van der Waals surface area contributed by atoms with E-state index in [0.29, 0.717) is 6.54 Å². The van der Waals surface area contributed by atoms with E-state index in [4.69, 9.17) is 9.41 Å². The van der Waals surface area contributed by atoms with Crippen molar-refractivity contribution < 1.29 is 9.11 Å². The minimum absolute atomic E-state index is 0.426. The van der Waals surface area contributed by atoms with Gasteiger partial charge in [-0.25, -0.2) is 4.99 Å². The van der Waals surface area contributed by atoms with Crippen LogP contribution in [0.3, 0.4) is 0 Å². The SMILES string of the molecule is N=[N+](Cc1ccccc1)C(/N=C/c1ccc2c(c1)oc1cccc(-c3ccccc3)c12)c1cccc2sc3c4cccc(-c5ccccc5)c4ccc3c12. The first-order valence-corrected chi connectivity index (χ1v) is 19.0. The quantitative estimate of drug-likeness (QED) is 0.0952. The molecule has 1 unspecified atom stereocenters. The van der Waals surface area contributed by atoms with Gasteiger partial charge in [-0.15, -0.1) is 11.3 Å². The fraction of sp³-hybridized carbons (Fsp3) is 0.0408. The predicted molar refractivity (Wildman–Crippen MR) is 225 cm³/mol. The number of aliphatic imine (C=N–C) groups is 1. The second-order valence-corrected chi connectivity index (χ2v) is 14.8. The van der Waals surface area contributed by atoms with Crippen molar-refractivity contribution in [2.24, 2.45) is 4.99 Å². The van der Waals surface area contributed by atoms with Crippen molar-refractivity contribution >= 4 is 70.4 Å². The lowest BCUT2D eigenvalue weighted by molar-refractivity contribution is -0.667. The van der Waals surface area contributed by atoms with E-state index in [0.717, 1.165) is 55.1 Å². The molecule has 5 heteroatoms. The van der Waals surface area contributed by atoms with E-state index in [1.165, 1.54) is 36.7 Å². The van der Waals surface area contributed by atoms with Crippen molar-refractivity contribution in [2.75, 3.05) is 0 Å². The van der Waals surface area contributed by atoms with E-state index in [1.54, 1.807) is 4.70 Å². The molecule has 0 saturated carbocycles. The Bertz CT molecular complexity index is 3040. The Kier molecular flexibility index (Phi) is 7.93. The molecule has 0 aliphatic heterocycles. The Balaban J connectivity index is 1.10. The lowest BCUT2D eigenvalue weighted by Gasteiger charge is -2.12. The first kappa shape index (κ1) is 32.0. The Morgan fingerprint density at radius 3 is 2.04 bits per heavy atom. The summed E-state index contributed by atoms with van der Waals surface area (Å²) in [7, 11) is 0. The summed E-state index contributed by atoms with van der Waals surface area (Å²) in [5.74, 6) is 0. The number of rotatable bonds is 8. The maximum atomic E-state index is 9.48. The highest BCUT2D eigenvalue weighted by Crippen LogP contribution is 2.44. The second-order valence-electron chi connectivity index (χ2n) is 13.7. The summed E-state index contributed by atoms with van der Waals surface area (Å²) in [5, 5.41) is 7.00. The number of nitrogens with one attached hydrogen (secondary N) is 1. The third-order valence-corrected chi connectivity index (χ3v) is 11.6. The van der Waals surface area contributed by atoms with E-state index < -0.39 is 6.17 Å². The summed E-state index contributed by atoms with van der Waals surface area (Å²) < 4.78 is 10.5. The second kappa shape index (κ2) is 13.4. The maximum absolute atomic E-state index is 9.48. The van der Waals surface area contributed by atoms with Crippen molar-refractivity contribution in [1.29, 1.82) is 5.53 Å². The molecule has 1 N–H and O–H groups in total. The monoisotopic (exact) mass is 712 g/mol. The largest absolute Gasteiger partial charge is 0.456 e. The molecule has 1 atom stereocenters. The smallest absolute Gasteiger partial charge is 0.297 e. The van der Waals surface area contributed by atoms with Gasteiger partial charge in [-0.1, -0.05) is 156 Å². The number of nitrogens with zero attached hydrogens (tertiary/aromatic N) is 2. The summed E-state index contributed by atoms with van der Waals surface area (Å²) in [4.78, 5) is 5.22. The van der Waals surface area contributed by atoms with E-state index >= 15 is 0 Å². The molecule has 256 valence electrons. The van der Waals surface area contributed by atoms with Crippen LogP contribution in [0.25, 0.3) is 75.1 Å². The van der Waals surface area contributed by atoms with Crippen LogP contribution in [-0.2, 0) is 6.54 Å². The molecule has 0 radical (unpaired) electrons. The van der Waals surface area contributed by atoms with Gasteiger partial charge in [0, 0.05) is 48.1 Å². The van der Waals surface area contributed by atoms with Gasteiger partial charge in [0.15, 0.2) is 6.54 Å². The van der Waals surface area contributed by atoms with Crippen molar-refractivity contribution in [1.82, 2.24) is 0 Å². The molecule has 0 saturated heterocycles. The fourth-order valence-electron chi connectivity index (χ4n) is 7.89. The van der Waals surface area contributed by atoms with Gasteiger partial charge in [-0.3, -0.25) is 0 Å². The minimum atomic E-state index is -0.561. The summed E-state index contributed by atoms with van der Waals surface area (Å²) in [6.07, 6.45) is 1.34. The molecule has 10 rings (SSSR count). The summed E-state index contributed by atoms with van der Waals surface area (Å²) in [6, 6.07) is 61.3. The van der Waals surface area contributed by atoms with Gasteiger partial charge in [0.2, 0.25) is 0 Å². The number of furan rings is 1. The van der Waals surface area contributed by atoms with Crippen molar-refractivity contribution in [3.8, 4) is 22.3 Å². The van der Waals surface area contributed by atoms with Gasteiger partial charge in [-0.05, 0) is 63.5 Å². The number of fused-ring (bicyclic) bond motifs is 8. The predicted octanol–water partition coefficient (Wildman–Crippen LogP) is 13.8. The summed E-state index contributed by atoms with van der Waals surface area (Å²) >= 11 is 1.82.